The number of nitrogens with one attached hydrogen (secondary N) is 2. The zero-order valence-electron chi connectivity index (χ0n) is 12.9. The number of rotatable bonds is 6. The number of anilines is 1. The quantitative estimate of drug-likeness (QED) is 0.859. The SMILES string of the molecule is CNS(=O)(=O)c1ccc(NC(c2ccccc2)C(C)C)nc1. The van der Waals surface area contributed by atoms with Crippen LogP contribution in [-0.4, -0.2) is 20.4 Å². The van der Waals surface area contributed by atoms with E-state index in [4.69, 9.17) is 0 Å². The predicted molar refractivity (Wildman–Crippen MR) is 88.1 cm³/mol. The third-order valence-electron chi connectivity index (χ3n) is 3.44. The molecule has 1 atom stereocenters. The Morgan fingerprint density at radius 1 is 1.05 bits per heavy atom. The highest BCUT2D eigenvalue weighted by Gasteiger charge is 2.17. The molecule has 1 aromatic carbocycles. The molecule has 0 saturated heterocycles. The summed E-state index contributed by atoms with van der Waals surface area (Å²) in [4.78, 5) is 4.36. The van der Waals surface area contributed by atoms with Gasteiger partial charge in [-0.25, -0.2) is 18.1 Å². The highest BCUT2D eigenvalue weighted by molar-refractivity contribution is 7.89. The molecule has 22 heavy (non-hydrogen) atoms. The van der Waals surface area contributed by atoms with Crippen molar-refractivity contribution in [1.82, 2.24) is 9.71 Å². The Kier molecular flexibility index (Phi) is 5.15. The van der Waals surface area contributed by atoms with Crippen molar-refractivity contribution >= 4 is 15.8 Å². The highest BCUT2D eigenvalue weighted by atomic mass is 32.2. The Labute approximate surface area is 131 Å². The lowest BCUT2D eigenvalue weighted by molar-refractivity contribution is 0.544. The van der Waals surface area contributed by atoms with Crippen molar-refractivity contribution in [2.24, 2.45) is 5.92 Å². The van der Waals surface area contributed by atoms with Gasteiger partial charge in [0.25, 0.3) is 0 Å². The van der Waals surface area contributed by atoms with Crippen LogP contribution in [0.15, 0.2) is 53.6 Å². The van der Waals surface area contributed by atoms with E-state index in [2.05, 4.69) is 41.0 Å². The maximum absolute atomic E-state index is 11.7. The number of nitrogens with zero attached hydrogens (tertiary/aromatic N) is 1. The maximum atomic E-state index is 11.7. The smallest absolute Gasteiger partial charge is 0.241 e. The lowest BCUT2D eigenvalue weighted by Crippen LogP contribution is -2.20. The predicted octanol–water partition coefficient (Wildman–Crippen LogP) is 2.80. The number of sulfonamides is 1. The van der Waals surface area contributed by atoms with Crippen LogP contribution >= 0.6 is 0 Å². The molecular formula is C16H21N3O2S. The van der Waals surface area contributed by atoms with E-state index in [1.54, 1.807) is 12.1 Å². The van der Waals surface area contributed by atoms with Crippen molar-refractivity contribution in [2.75, 3.05) is 12.4 Å². The summed E-state index contributed by atoms with van der Waals surface area (Å²) in [6.07, 6.45) is 1.36. The fourth-order valence-corrected chi connectivity index (χ4v) is 2.87. The van der Waals surface area contributed by atoms with E-state index in [0.29, 0.717) is 11.7 Å². The molecule has 0 aliphatic carbocycles. The summed E-state index contributed by atoms with van der Waals surface area (Å²) in [7, 11) is -2.07. The molecule has 2 N–H and O–H groups in total. The Morgan fingerprint density at radius 3 is 2.23 bits per heavy atom. The van der Waals surface area contributed by atoms with Gasteiger partial charge in [0, 0.05) is 6.20 Å². The molecule has 5 nitrogen and oxygen atoms in total. The van der Waals surface area contributed by atoms with Crippen LogP contribution in [0, 0.1) is 5.92 Å². The van der Waals surface area contributed by atoms with Gasteiger partial charge in [0.15, 0.2) is 0 Å². The normalized spacial score (nSPS) is 13.1. The first-order valence-electron chi connectivity index (χ1n) is 7.15. The molecule has 118 valence electrons. The topological polar surface area (TPSA) is 71.1 Å². The lowest BCUT2D eigenvalue weighted by Gasteiger charge is -2.23. The molecule has 0 aliphatic rings. The van der Waals surface area contributed by atoms with E-state index in [1.165, 1.54) is 18.8 Å². The number of pyridine rings is 1. The first-order chi connectivity index (χ1) is 10.4. The van der Waals surface area contributed by atoms with Crippen molar-refractivity contribution in [1.29, 1.82) is 0 Å². The fourth-order valence-electron chi connectivity index (χ4n) is 2.20. The molecule has 2 rings (SSSR count). The van der Waals surface area contributed by atoms with Gasteiger partial charge in [-0.15, -0.1) is 0 Å². The summed E-state index contributed by atoms with van der Waals surface area (Å²) in [5.41, 5.74) is 1.17. The zero-order chi connectivity index (χ0) is 16.2. The van der Waals surface area contributed by atoms with Crippen LogP contribution in [0.3, 0.4) is 0 Å². The number of hydrogen-bond donors (Lipinski definition) is 2. The van der Waals surface area contributed by atoms with Crippen LogP contribution in [-0.2, 0) is 10.0 Å². The van der Waals surface area contributed by atoms with Gasteiger partial charge >= 0.3 is 0 Å². The first-order valence-corrected chi connectivity index (χ1v) is 8.63. The minimum atomic E-state index is -3.45. The number of hydrogen-bond acceptors (Lipinski definition) is 4. The first kappa shape index (κ1) is 16.5. The summed E-state index contributed by atoms with van der Waals surface area (Å²) in [5, 5.41) is 3.37. The fraction of sp³-hybridized carbons (Fsp3) is 0.312. The molecular weight excluding hydrogens is 298 g/mol. The van der Waals surface area contributed by atoms with Crippen LogP contribution in [0.1, 0.15) is 25.5 Å². The molecule has 0 fully saturated rings. The molecule has 2 aromatic rings. The van der Waals surface area contributed by atoms with E-state index >= 15 is 0 Å². The minimum absolute atomic E-state index is 0.112. The van der Waals surface area contributed by atoms with Crippen molar-refractivity contribution < 1.29 is 8.42 Å². The molecule has 0 radical (unpaired) electrons. The largest absolute Gasteiger partial charge is 0.363 e. The van der Waals surface area contributed by atoms with Crippen LogP contribution in [0.25, 0.3) is 0 Å². The summed E-state index contributed by atoms with van der Waals surface area (Å²) in [5.74, 6) is 1.02. The summed E-state index contributed by atoms with van der Waals surface area (Å²) < 4.78 is 25.7. The second-order valence-electron chi connectivity index (χ2n) is 5.36. The van der Waals surface area contributed by atoms with Gasteiger partial charge in [0.2, 0.25) is 10.0 Å². The van der Waals surface area contributed by atoms with E-state index in [9.17, 15) is 8.42 Å². The third-order valence-corrected chi connectivity index (χ3v) is 4.84. The third kappa shape index (κ3) is 3.84. The molecule has 0 spiro atoms. The van der Waals surface area contributed by atoms with E-state index in [1.807, 2.05) is 18.2 Å². The van der Waals surface area contributed by atoms with Crippen LogP contribution < -0.4 is 10.0 Å². The standard InChI is InChI=1S/C16H21N3O2S/c1-12(2)16(13-7-5-4-6-8-13)19-15-10-9-14(11-18-15)22(20,21)17-3/h4-12,16-17H,1-3H3,(H,18,19). The Hall–Kier alpha value is -1.92. The van der Waals surface area contributed by atoms with Crippen molar-refractivity contribution in [3.05, 3.63) is 54.2 Å². The van der Waals surface area contributed by atoms with E-state index in [0.717, 1.165) is 0 Å². The van der Waals surface area contributed by atoms with Crippen LogP contribution in [0.2, 0.25) is 0 Å². The van der Waals surface area contributed by atoms with Gasteiger partial charge in [-0.3, -0.25) is 0 Å². The average Bonchev–Trinajstić information content (AvgIpc) is 2.53. The Balaban J connectivity index is 2.22. The Morgan fingerprint density at radius 2 is 1.73 bits per heavy atom. The zero-order valence-corrected chi connectivity index (χ0v) is 13.8. The second kappa shape index (κ2) is 6.89. The van der Waals surface area contributed by atoms with Crippen molar-refractivity contribution in [3.63, 3.8) is 0 Å². The van der Waals surface area contributed by atoms with Crippen molar-refractivity contribution in [2.45, 2.75) is 24.8 Å². The van der Waals surface area contributed by atoms with Gasteiger partial charge < -0.3 is 5.32 Å². The molecule has 0 amide bonds. The summed E-state index contributed by atoms with van der Waals surface area (Å²) >= 11 is 0. The lowest BCUT2D eigenvalue weighted by atomic mass is 9.96. The number of benzene rings is 1. The molecule has 1 aromatic heterocycles. The Bertz CT molecular complexity index is 698. The van der Waals surface area contributed by atoms with Gasteiger partial charge in [-0.2, -0.15) is 0 Å². The molecule has 6 heteroatoms. The van der Waals surface area contributed by atoms with Gasteiger partial charge in [-0.05, 0) is 30.7 Å². The number of aromatic nitrogens is 1. The van der Waals surface area contributed by atoms with Crippen molar-refractivity contribution in [3.8, 4) is 0 Å². The molecule has 0 saturated carbocycles. The van der Waals surface area contributed by atoms with Gasteiger partial charge in [0.05, 0.1) is 6.04 Å². The van der Waals surface area contributed by atoms with E-state index in [-0.39, 0.29) is 10.9 Å². The minimum Gasteiger partial charge on any atom is -0.363 e. The molecule has 1 heterocycles. The molecule has 0 aliphatic heterocycles. The van der Waals surface area contributed by atoms with Gasteiger partial charge in [-0.1, -0.05) is 44.2 Å². The summed E-state index contributed by atoms with van der Waals surface area (Å²) in [6, 6.07) is 13.5. The maximum Gasteiger partial charge on any atom is 0.241 e. The molecule has 0 bridgehead atoms. The average molecular weight is 319 g/mol. The highest BCUT2D eigenvalue weighted by Crippen LogP contribution is 2.25. The monoisotopic (exact) mass is 319 g/mol. The second-order valence-corrected chi connectivity index (χ2v) is 7.25. The summed E-state index contributed by atoms with van der Waals surface area (Å²) in [6.45, 7) is 4.26. The van der Waals surface area contributed by atoms with Crippen LogP contribution in [0.5, 0.6) is 0 Å². The molecule has 1 unspecified atom stereocenters. The van der Waals surface area contributed by atoms with Gasteiger partial charge in [0.1, 0.15) is 10.7 Å². The van der Waals surface area contributed by atoms with E-state index < -0.39 is 10.0 Å². The van der Waals surface area contributed by atoms with Crippen LogP contribution in [0.4, 0.5) is 5.82 Å².